The van der Waals surface area contributed by atoms with Crippen LogP contribution in [0.3, 0.4) is 0 Å². The van der Waals surface area contributed by atoms with E-state index in [2.05, 4.69) is 11.8 Å². The molecule has 3 rings (SSSR count). The highest BCUT2D eigenvalue weighted by Gasteiger charge is 2.30. The number of benzene rings is 1. The summed E-state index contributed by atoms with van der Waals surface area (Å²) in [6.45, 7) is 5.31. The number of nitrogens with zero attached hydrogens (tertiary/aromatic N) is 1. The molecule has 0 radical (unpaired) electrons. The standard InChI is InChI=1S/C15H21NO2/c1-12(16-9-5-2-6-10-16)15-11-17-13-7-3-4-8-14(13)18-15/h3-4,7-8,12,15H,2,5-6,9-11H2,1H3/t12-,15-/m0/s1. The fourth-order valence-electron chi connectivity index (χ4n) is 2.83. The molecule has 3 heteroatoms. The van der Waals surface area contributed by atoms with Gasteiger partial charge in [-0.05, 0) is 45.0 Å². The Morgan fingerprint density at radius 1 is 1.11 bits per heavy atom. The first-order valence-corrected chi connectivity index (χ1v) is 6.97. The molecule has 0 amide bonds. The summed E-state index contributed by atoms with van der Waals surface area (Å²) in [6.07, 6.45) is 4.15. The van der Waals surface area contributed by atoms with E-state index in [1.807, 2.05) is 24.3 Å². The van der Waals surface area contributed by atoms with Crippen LogP contribution in [0.5, 0.6) is 11.5 Å². The Morgan fingerprint density at radius 2 is 1.83 bits per heavy atom. The van der Waals surface area contributed by atoms with Crippen molar-refractivity contribution in [1.82, 2.24) is 4.90 Å². The van der Waals surface area contributed by atoms with Crippen LogP contribution in [-0.4, -0.2) is 36.7 Å². The van der Waals surface area contributed by atoms with Crippen molar-refractivity contribution in [2.45, 2.75) is 38.3 Å². The molecular weight excluding hydrogens is 226 g/mol. The van der Waals surface area contributed by atoms with E-state index in [0.717, 1.165) is 11.5 Å². The first-order chi connectivity index (χ1) is 8.84. The number of ether oxygens (including phenoxy) is 2. The smallest absolute Gasteiger partial charge is 0.161 e. The minimum Gasteiger partial charge on any atom is -0.486 e. The van der Waals surface area contributed by atoms with E-state index in [4.69, 9.17) is 9.47 Å². The molecule has 0 unspecified atom stereocenters. The predicted octanol–water partition coefficient (Wildman–Crippen LogP) is 2.70. The molecule has 0 aromatic heterocycles. The number of hydrogen-bond donors (Lipinski definition) is 0. The van der Waals surface area contributed by atoms with Crippen LogP contribution < -0.4 is 9.47 Å². The normalized spacial score (nSPS) is 25.7. The van der Waals surface area contributed by atoms with Crippen molar-refractivity contribution in [3.8, 4) is 11.5 Å². The van der Waals surface area contributed by atoms with E-state index in [1.165, 1.54) is 32.4 Å². The van der Waals surface area contributed by atoms with E-state index in [-0.39, 0.29) is 6.10 Å². The summed E-state index contributed by atoms with van der Waals surface area (Å²) in [4.78, 5) is 2.53. The first kappa shape index (κ1) is 11.8. The molecule has 2 aliphatic rings. The highest BCUT2D eigenvalue weighted by atomic mass is 16.6. The van der Waals surface area contributed by atoms with E-state index in [1.54, 1.807) is 0 Å². The Morgan fingerprint density at radius 3 is 2.61 bits per heavy atom. The van der Waals surface area contributed by atoms with E-state index >= 15 is 0 Å². The van der Waals surface area contributed by atoms with Gasteiger partial charge < -0.3 is 9.47 Å². The third-order valence-electron chi connectivity index (χ3n) is 4.04. The van der Waals surface area contributed by atoms with Gasteiger partial charge in [-0.15, -0.1) is 0 Å². The van der Waals surface area contributed by atoms with Crippen molar-refractivity contribution in [2.75, 3.05) is 19.7 Å². The third-order valence-corrected chi connectivity index (χ3v) is 4.04. The van der Waals surface area contributed by atoms with Gasteiger partial charge in [-0.3, -0.25) is 4.90 Å². The van der Waals surface area contributed by atoms with Crippen molar-refractivity contribution in [1.29, 1.82) is 0 Å². The number of hydrogen-bond acceptors (Lipinski definition) is 3. The summed E-state index contributed by atoms with van der Waals surface area (Å²) in [5.74, 6) is 1.76. The largest absolute Gasteiger partial charge is 0.486 e. The lowest BCUT2D eigenvalue weighted by Crippen LogP contribution is -2.49. The summed E-state index contributed by atoms with van der Waals surface area (Å²) in [5, 5.41) is 0. The summed E-state index contributed by atoms with van der Waals surface area (Å²) in [5.41, 5.74) is 0. The summed E-state index contributed by atoms with van der Waals surface area (Å²) >= 11 is 0. The molecule has 0 aliphatic carbocycles. The number of para-hydroxylation sites is 2. The van der Waals surface area contributed by atoms with Crippen LogP contribution in [0, 0.1) is 0 Å². The molecule has 2 atom stereocenters. The van der Waals surface area contributed by atoms with Gasteiger partial charge in [0.15, 0.2) is 11.5 Å². The molecule has 1 fully saturated rings. The minimum atomic E-state index is 0.151. The topological polar surface area (TPSA) is 21.7 Å². The van der Waals surface area contributed by atoms with Crippen molar-refractivity contribution < 1.29 is 9.47 Å². The lowest BCUT2D eigenvalue weighted by atomic mass is 10.1. The molecule has 1 saturated heterocycles. The van der Waals surface area contributed by atoms with Crippen LogP contribution in [0.25, 0.3) is 0 Å². The van der Waals surface area contributed by atoms with Crippen molar-refractivity contribution in [3.63, 3.8) is 0 Å². The molecule has 1 aromatic rings. The van der Waals surface area contributed by atoms with Gasteiger partial charge in [0.1, 0.15) is 12.7 Å². The van der Waals surface area contributed by atoms with Gasteiger partial charge in [0.05, 0.1) is 0 Å². The quantitative estimate of drug-likeness (QED) is 0.802. The van der Waals surface area contributed by atoms with Crippen molar-refractivity contribution in [3.05, 3.63) is 24.3 Å². The zero-order chi connectivity index (χ0) is 12.4. The van der Waals surface area contributed by atoms with Gasteiger partial charge in [-0.2, -0.15) is 0 Å². The Bertz CT molecular complexity index is 401. The molecule has 18 heavy (non-hydrogen) atoms. The summed E-state index contributed by atoms with van der Waals surface area (Å²) in [6, 6.07) is 8.37. The highest BCUT2D eigenvalue weighted by Crippen LogP contribution is 2.32. The second-order valence-electron chi connectivity index (χ2n) is 5.25. The van der Waals surface area contributed by atoms with E-state index in [0.29, 0.717) is 12.6 Å². The lowest BCUT2D eigenvalue weighted by Gasteiger charge is -2.38. The van der Waals surface area contributed by atoms with Gasteiger partial charge in [-0.1, -0.05) is 18.6 Å². The van der Waals surface area contributed by atoms with Crippen LogP contribution >= 0.6 is 0 Å². The van der Waals surface area contributed by atoms with Crippen LogP contribution in [0.1, 0.15) is 26.2 Å². The predicted molar refractivity (Wildman–Crippen MR) is 71.2 cm³/mol. The zero-order valence-corrected chi connectivity index (χ0v) is 11.0. The molecule has 1 aromatic carbocycles. The van der Waals surface area contributed by atoms with E-state index < -0.39 is 0 Å². The average Bonchev–Trinajstić information content (AvgIpc) is 2.47. The number of rotatable bonds is 2. The highest BCUT2D eigenvalue weighted by molar-refractivity contribution is 5.40. The second-order valence-corrected chi connectivity index (χ2v) is 5.25. The van der Waals surface area contributed by atoms with Crippen LogP contribution in [0.2, 0.25) is 0 Å². The van der Waals surface area contributed by atoms with Gasteiger partial charge in [0.2, 0.25) is 0 Å². The fraction of sp³-hybridized carbons (Fsp3) is 0.600. The maximum Gasteiger partial charge on any atom is 0.161 e. The molecule has 0 N–H and O–H groups in total. The van der Waals surface area contributed by atoms with Crippen LogP contribution in [-0.2, 0) is 0 Å². The van der Waals surface area contributed by atoms with Crippen molar-refractivity contribution in [2.24, 2.45) is 0 Å². The third kappa shape index (κ3) is 2.32. The molecular formula is C15H21NO2. The molecule has 0 spiro atoms. The number of piperidine rings is 1. The molecule has 3 nitrogen and oxygen atoms in total. The Hall–Kier alpha value is -1.22. The summed E-state index contributed by atoms with van der Waals surface area (Å²) in [7, 11) is 0. The minimum absolute atomic E-state index is 0.151. The maximum atomic E-state index is 6.08. The first-order valence-electron chi connectivity index (χ1n) is 6.97. The van der Waals surface area contributed by atoms with Crippen molar-refractivity contribution >= 4 is 0 Å². The van der Waals surface area contributed by atoms with Crippen LogP contribution in [0.4, 0.5) is 0 Å². The van der Waals surface area contributed by atoms with Crippen LogP contribution in [0.15, 0.2) is 24.3 Å². The maximum absolute atomic E-state index is 6.08. The average molecular weight is 247 g/mol. The molecule has 98 valence electrons. The van der Waals surface area contributed by atoms with Gasteiger partial charge in [0.25, 0.3) is 0 Å². The van der Waals surface area contributed by atoms with E-state index in [9.17, 15) is 0 Å². The van der Waals surface area contributed by atoms with Gasteiger partial charge >= 0.3 is 0 Å². The Balaban J connectivity index is 1.67. The lowest BCUT2D eigenvalue weighted by molar-refractivity contribution is 0.0141. The fourth-order valence-corrected chi connectivity index (χ4v) is 2.83. The molecule has 0 bridgehead atoms. The molecule has 0 saturated carbocycles. The molecule has 2 heterocycles. The number of likely N-dealkylation sites (tertiary alicyclic amines) is 1. The number of fused-ring (bicyclic) bond motifs is 1. The second kappa shape index (κ2) is 5.19. The SMILES string of the molecule is C[C@@H]([C@@H]1COc2ccccc2O1)N1CCCCC1. The molecule has 2 aliphatic heterocycles. The van der Waals surface area contributed by atoms with Gasteiger partial charge in [-0.25, -0.2) is 0 Å². The van der Waals surface area contributed by atoms with Gasteiger partial charge in [0, 0.05) is 6.04 Å². The zero-order valence-electron chi connectivity index (χ0n) is 11.0. The monoisotopic (exact) mass is 247 g/mol. The summed E-state index contributed by atoms with van der Waals surface area (Å²) < 4.78 is 11.9. The Kier molecular flexibility index (Phi) is 3.41. The Labute approximate surface area is 109 Å².